The lowest BCUT2D eigenvalue weighted by molar-refractivity contribution is 0.104. The van der Waals surface area contributed by atoms with Crippen molar-refractivity contribution >= 4 is 29.1 Å². The average Bonchev–Trinajstić information content (AvgIpc) is 2.54. The van der Waals surface area contributed by atoms with Crippen LogP contribution in [0.25, 0.3) is 6.08 Å². The van der Waals surface area contributed by atoms with Crippen LogP contribution in [-0.4, -0.2) is 31.1 Å². The topological polar surface area (TPSA) is 40.5 Å². The Balaban J connectivity index is 2.03. The van der Waals surface area contributed by atoms with E-state index in [1.165, 1.54) is 0 Å². The number of hydrogen-bond donors (Lipinski definition) is 1. The molecular weight excluding hydrogens is 298 g/mol. The fourth-order valence-corrected chi connectivity index (χ4v) is 2.13. The number of benzene rings is 2. The summed E-state index contributed by atoms with van der Waals surface area (Å²) in [6.45, 7) is 0.706. The Bertz CT molecular complexity index is 648. The number of nitrogens with zero attached hydrogens (tertiary/aromatic N) is 1. The van der Waals surface area contributed by atoms with E-state index in [4.69, 9.17) is 16.7 Å². The lowest BCUT2D eigenvalue weighted by Crippen LogP contribution is -2.20. The van der Waals surface area contributed by atoms with Gasteiger partial charge in [0.15, 0.2) is 5.78 Å². The maximum atomic E-state index is 12.0. The smallest absolute Gasteiger partial charge is 0.185 e. The van der Waals surface area contributed by atoms with E-state index in [1.807, 2.05) is 36.2 Å². The molecule has 0 aromatic heterocycles. The van der Waals surface area contributed by atoms with Crippen molar-refractivity contribution in [2.24, 2.45) is 0 Å². The molecule has 4 heteroatoms. The molecule has 2 rings (SSSR count). The number of carbonyl (C=O) groups is 1. The molecule has 1 N–H and O–H groups in total. The Kier molecular flexibility index (Phi) is 5.75. The van der Waals surface area contributed by atoms with Crippen molar-refractivity contribution in [3.63, 3.8) is 0 Å². The Morgan fingerprint density at radius 3 is 2.36 bits per heavy atom. The number of ketones is 1. The maximum Gasteiger partial charge on any atom is 0.185 e. The van der Waals surface area contributed by atoms with E-state index < -0.39 is 0 Å². The number of allylic oxidation sites excluding steroid dienone is 1. The summed E-state index contributed by atoms with van der Waals surface area (Å²) in [5.41, 5.74) is 2.58. The third kappa shape index (κ3) is 4.45. The van der Waals surface area contributed by atoms with E-state index in [0.717, 1.165) is 11.3 Å². The number of halogens is 1. The van der Waals surface area contributed by atoms with Gasteiger partial charge in [-0.25, -0.2) is 0 Å². The highest BCUT2D eigenvalue weighted by molar-refractivity contribution is 6.30. The molecule has 0 amide bonds. The number of likely N-dealkylation sites (N-methyl/N-ethyl adjacent to an activating group) is 1. The summed E-state index contributed by atoms with van der Waals surface area (Å²) >= 11 is 5.80. The van der Waals surface area contributed by atoms with Gasteiger partial charge in [-0.05, 0) is 48.0 Å². The minimum atomic E-state index is -0.0573. The van der Waals surface area contributed by atoms with Crippen molar-refractivity contribution in [3.05, 3.63) is 70.8 Å². The molecule has 0 heterocycles. The molecule has 0 radical (unpaired) electrons. The van der Waals surface area contributed by atoms with Crippen LogP contribution in [-0.2, 0) is 0 Å². The molecular formula is C18H18ClNO2. The van der Waals surface area contributed by atoms with E-state index in [2.05, 4.69) is 0 Å². The number of hydrogen-bond acceptors (Lipinski definition) is 3. The number of aliphatic hydroxyl groups excluding tert-OH is 1. The summed E-state index contributed by atoms with van der Waals surface area (Å²) in [7, 11) is 1.92. The first-order valence-electron chi connectivity index (χ1n) is 7.00. The monoisotopic (exact) mass is 315 g/mol. The second-order valence-corrected chi connectivity index (χ2v) is 5.38. The van der Waals surface area contributed by atoms with Crippen LogP contribution in [0.4, 0.5) is 5.69 Å². The summed E-state index contributed by atoms with van der Waals surface area (Å²) in [5, 5.41) is 9.54. The molecule has 3 nitrogen and oxygen atoms in total. The fraction of sp³-hybridized carbons (Fsp3) is 0.167. The molecule has 114 valence electrons. The van der Waals surface area contributed by atoms with Crippen LogP contribution in [0.1, 0.15) is 15.9 Å². The highest BCUT2D eigenvalue weighted by Crippen LogP contribution is 2.15. The van der Waals surface area contributed by atoms with Crippen LogP contribution >= 0.6 is 11.6 Å². The van der Waals surface area contributed by atoms with Gasteiger partial charge in [0.05, 0.1) is 6.61 Å². The van der Waals surface area contributed by atoms with Crippen LogP contribution < -0.4 is 4.90 Å². The third-order valence-electron chi connectivity index (χ3n) is 3.33. The molecule has 0 atom stereocenters. The molecule has 22 heavy (non-hydrogen) atoms. The second kappa shape index (κ2) is 7.78. The average molecular weight is 316 g/mol. The summed E-state index contributed by atoms with van der Waals surface area (Å²) in [6, 6.07) is 14.6. The van der Waals surface area contributed by atoms with Crippen molar-refractivity contribution < 1.29 is 9.90 Å². The minimum absolute atomic E-state index is 0.0573. The van der Waals surface area contributed by atoms with Gasteiger partial charge in [-0.15, -0.1) is 0 Å². The summed E-state index contributed by atoms with van der Waals surface area (Å²) < 4.78 is 0. The number of aliphatic hydroxyl groups is 1. The lowest BCUT2D eigenvalue weighted by Gasteiger charge is -2.17. The first-order chi connectivity index (χ1) is 10.6. The van der Waals surface area contributed by atoms with E-state index in [1.54, 1.807) is 36.4 Å². The fourth-order valence-electron chi connectivity index (χ4n) is 2.00. The van der Waals surface area contributed by atoms with Crippen molar-refractivity contribution in [3.8, 4) is 0 Å². The van der Waals surface area contributed by atoms with E-state index in [0.29, 0.717) is 17.1 Å². The quantitative estimate of drug-likeness (QED) is 0.653. The highest BCUT2D eigenvalue weighted by Gasteiger charge is 2.02. The highest BCUT2D eigenvalue weighted by atomic mass is 35.5. The third-order valence-corrected chi connectivity index (χ3v) is 3.58. The zero-order valence-electron chi connectivity index (χ0n) is 12.4. The van der Waals surface area contributed by atoms with Crippen molar-refractivity contribution in [2.45, 2.75) is 0 Å². The van der Waals surface area contributed by atoms with Crippen LogP contribution in [0.5, 0.6) is 0 Å². The van der Waals surface area contributed by atoms with Crippen molar-refractivity contribution in [1.82, 2.24) is 0 Å². The van der Waals surface area contributed by atoms with E-state index in [-0.39, 0.29) is 12.4 Å². The standard InChI is InChI=1S/C18H18ClNO2/c1-20(12-13-21)17-9-2-14(3-10-17)4-11-18(22)15-5-7-16(19)8-6-15/h2-11,21H,12-13H2,1H3/b11-4+. The first-order valence-corrected chi connectivity index (χ1v) is 7.38. The van der Waals surface area contributed by atoms with Gasteiger partial charge in [0, 0.05) is 29.9 Å². The predicted molar refractivity (Wildman–Crippen MR) is 91.6 cm³/mol. The lowest BCUT2D eigenvalue weighted by atomic mass is 10.1. The molecule has 0 saturated carbocycles. The summed E-state index contributed by atoms with van der Waals surface area (Å²) in [4.78, 5) is 14.0. The van der Waals surface area contributed by atoms with Gasteiger partial charge >= 0.3 is 0 Å². The minimum Gasteiger partial charge on any atom is -0.395 e. The molecule has 0 aliphatic carbocycles. The Hall–Kier alpha value is -2.10. The number of anilines is 1. The van der Waals surface area contributed by atoms with Gasteiger partial charge in [0.25, 0.3) is 0 Å². The van der Waals surface area contributed by atoms with E-state index >= 15 is 0 Å². The Morgan fingerprint density at radius 1 is 1.14 bits per heavy atom. The van der Waals surface area contributed by atoms with Gasteiger partial charge in [-0.1, -0.05) is 29.8 Å². The van der Waals surface area contributed by atoms with Crippen LogP contribution in [0, 0.1) is 0 Å². The molecule has 0 saturated heterocycles. The molecule has 0 aliphatic rings. The van der Waals surface area contributed by atoms with Crippen LogP contribution in [0.3, 0.4) is 0 Å². The van der Waals surface area contributed by atoms with Gasteiger partial charge in [-0.3, -0.25) is 4.79 Å². The normalized spacial score (nSPS) is 10.9. The van der Waals surface area contributed by atoms with Crippen LogP contribution in [0.15, 0.2) is 54.6 Å². The Morgan fingerprint density at radius 2 is 1.77 bits per heavy atom. The molecule has 0 fully saturated rings. The largest absolute Gasteiger partial charge is 0.395 e. The maximum absolute atomic E-state index is 12.0. The summed E-state index contributed by atoms with van der Waals surface area (Å²) in [5.74, 6) is -0.0573. The molecule has 0 aliphatic heterocycles. The van der Waals surface area contributed by atoms with Crippen molar-refractivity contribution in [1.29, 1.82) is 0 Å². The molecule has 0 spiro atoms. The Labute approximate surface area is 135 Å². The van der Waals surface area contributed by atoms with Gasteiger partial charge in [0.1, 0.15) is 0 Å². The molecule has 0 bridgehead atoms. The van der Waals surface area contributed by atoms with E-state index in [9.17, 15) is 4.79 Å². The second-order valence-electron chi connectivity index (χ2n) is 4.94. The van der Waals surface area contributed by atoms with Crippen molar-refractivity contribution in [2.75, 3.05) is 25.1 Å². The summed E-state index contributed by atoms with van der Waals surface area (Å²) in [6.07, 6.45) is 3.34. The molecule has 2 aromatic rings. The van der Waals surface area contributed by atoms with Gasteiger partial charge < -0.3 is 10.0 Å². The van der Waals surface area contributed by atoms with Gasteiger partial charge in [-0.2, -0.15) is 0 Å². The molecule has 0 unspecified atom stereocenters. The van der Waals surface area contributed by atoms with Crippen LogP contribution in [0.2, 0.25) is 5.02 Å². The van der Waals surface area contributed by atoms with Gasteiger partial charge in [0.2, 0.25) is 0 Å². The zero-order chi connectivity index (χ0) is 15.9. The SMILES string of the molecule is CN(CCO)c1ccc(/C=C/C(=O)c2ccc(Cl)cc2)cc1. The zero-order valence-corrected chi connectivity index (χ0v) is 13.1. The number of carbonyl (C=O) groups excluding carboxylic acids is 1. The molecule has 2 aromatic carbocycles. The predicted octanol–water partition coefficient (Wildman–Crippen LogP) is 3.66. The number of rotatable bonds is 6. The first kappa shape index (κ1) is 16.3.